The van der Waals surface area contributed by atoms with Crippen molar-refractivity contribution in [3.8, 4) is 11.3 Å². The molecule has 2 aliphatic rings. The maximum atomic E-state index is 13.1. The summed E-state index contributed by atoms with van der Waals surface area (Å²) in [5.41, 5.74) is 1.59. The van der Waals surface area contributed by atoms with Gasteiger partial charge in [0.05, 0.1) is 11.7 Å². The fraction of sp³-hybridized carbons (Fsp3) is 0.545. The minimum absolute atomic E-state index is 0.132. The Labute approximate surface area is 165 Å². The van der Waals surface area contributed by atoms with E-state index in [1.807, 2.05) is 6.07 Å². The smallest absolute Gasteiger partial charge is 0.237 e. The van der Waals surface area contributed by atoms with Crippen LogP contribution in [0.5, 0.6) is 0 Å². The van der Waals surface area contributed by atoms with Crippen molar-refractivity contribution in [1.29, 1.82) is 0 Å². The number of benzene rings is 1. The van der Waals surface area contributed by atoms with Gasteiger partial charge in [0.1, 0.15) is 5.82 Å². The number of hydrogen-bond acceptors (Lipinski definition) is 4. The van der Waals surface area contributed by atoms with E-state index in [4.69, 9.17) is 4.52 Å². The normalized spacial score (nSPS) is 23.2. The van der Waals surface area contributed by atoms with Crippen molar-refractivity contribution in [2.45, 2.75) is 58.2 Å². The highest BCUT2D eigenvalue weighted by molar-refractivity contribution is 5.82. The highest BCUT2D eigenvalue weighted by Gasteiger charge is 2.37. The number of nitrogens with one attached hydrogen (secondary N) is 1. The summed E-state index contributed by atoms with van der Waals surface area (Å²) in [6.07, 6.45) is 4.46. The van der Waals surface area contributed by atoms with Crippen molar-refractivity contribution in [3.63, 3.8) is 0 Å². The molecule has 1 amide bonds. The van der Waals surface area contributed by atoms with Crippen LogP contribution in [0.25, 0.3) is 11.3 Å². The van der Waals surface area contributed by atoms with Crippen molar-refractivity contribution >= 4 is 5.91 Å². The van der Waals surface area contributed by atoms with Gasteiger partial charge in [-0.3, -0.25) is 9.69 Å². The molecular formula is C22H28FN3O2. The lowest BCUT2D eigenvalue weighted by Gasteiger charge is -2.40. The van der Waals surface area contributed by atoms with Gasteiger partial charge in [0.25, 0.3) is 0 Å². The van der Waals surface area contributed by atoms with Crippen LogP contribution in [0.3, 0.4) is 0 Å². The van der Waals surface area contributed by atoms with Crippen LogP contribution < -0.4 is 5.32 Å². The topological polar surface area (TPSA) is 58.4 Å². The average Bonchev–Trinajstić information content (AvgIpc) is 3.34. The van der Waals surface area contributed by atoms with E-state index in [1.165, 1.54) is 25.0 Å². The third-order valence-corrected chi connectivity index (χ3v) is 5.61. The second kappa shape index (κ2) is 8.03. The predicted octanol–water partition coefficient (Wildman–Crippen LogP) is 4.00. The van der Waals surface area contributed by atoms with Gasteiger partial charge in [-0.05, 0) is 48.9 Å². The summed E-state index contributed by atoms with van der Waals surface area (Å²) >= 11 is 0. The van der Waals surface area contributed by atoms with E-state index < -0.39 is 0 Å². The summed E-state index contributed by atoms with van der Waals surface area (Å²) in [5.74, 6) is 1.68. The van der Waals surface area contributed by atoms with Gasteiger partial charge in [0.15, 0.2) is 5.76 Å². The third-order valence-electron chi connectivity index (χ3n) is 5.61. The van der Waals surface area contributed by atoms with E-state index in [9.17, 15) is 9.18 Å². The number of hydrogen-bond donors (Lipinski definition) is 1. The second-order valence-corrected chi connectivity index (χ2v) is 8.65. The van der Waals surface area contributed by atoms with Crippen LogP contribution in [-0.2, 0) is 11.3 Å². The van der Waals surface area contributed by atoms with Gasteiger partial charge in [0, 0.05) is 30.8 Å². The largest absolute Gasteiger partial charge is 0.356 e. The first-order valence-corrected chi connectivity index (χ1v) is 10.2. The quantitative estimate of drug-likeness (QED) is 0.783. The number of carbonyl (C=O) groups excluding carboxylic acids is 1. The van der Waals surface area contributed by atoms with Crippen LogP contribution >= 0.6 is 0 Å². The molecule has 6 heteroatoms. The zero-order valence-corrected chi connectivity index (χ0v) is 16.5. The molecule has 0 spiro atoms. The lowest BCUT2D eigenvalue weighted by atomic mass is 9.96. The number of piperazine rings is 1. The highest BCUT2D eigenvalue weighted by atomic mass is 19.1. The summed E-state index contributed by atoms with van der Waals surface area (Å²) in [4.78, 5) is 15.0. The summed E-state index contributed by atoms with van der Waals surface area (Å²) < 4.78 is 18.6. The van der Waals surface area contributed by atoms with E-state index in [1.54, 1.807) is 12.1 Å². The molecule has 2 aromatic rings. The standard InChI is InChI=1S/C22H28FN3O2/c1-14(2)9-20-22(27)24-18(10-15-3-4-15)12-26(20)13-19-11-21(28-25-19)16-5-7-17(23)8-6-16/h5-8,11,14-15,18,20H,3-4,9-10,12-13H2,1-2H3,(H,24,27). The Hall–Kier alpha value is -2.21. The molecule has 2 fully saturated rings. The van der Waals surface area contributed by atoms with Gasteiger partial charge >= 0.3 is 0 Å². The van der Waals surface area contributed by atoms with Crippen LogP contribution in [0.1, 0.15) is 45.2 Å². The molecule has 2 heterocycles. The monoisotopic (exact) mass is 385 g/mol. The minimum atomic E-state index is -0.277. The Morgan fingerprint density at radius 1 is 1.29 bits per heavy atom. The van der Waals surface area contributed by atoms with Crippen molar-refractivity contribution < 1.29 is 13.7 Å². The molecule has 1 saturated carbocycles. The maximum Gasteiger partial charge on any atom is 0.237 e. The number of nitrogens with zero attached hydrogens (tertiary/aromatic N) is 2. The van der Waals surface area contributed by atoms with Gasteiger partial charge < -0.3 is 9.84 Å². The fourth-order valence-electron chi connectivity index (χ4n) is 4.03. The lowest BCUT2D eigenvalue weighted by molar-refractivity contribution is -0.132. The van der Waals surface area contributed by atoms with Crippen LogP contribution in [0.4, 0.5) is 4.39 Å². The molecule has 1 N–H and O–H groups in total. The van der Waals surface area contributed by atoms with Gasteiger partial charge in [-0.25, -0.2) is 4.39 Å². The van der Waals surface area contributed by atoms with Crippen LogP contribution in [-0.4, -0.2) is 34.6 Å². The maximum absolute atomic E-state index is 13.1. The number of rotatable bonds is 7. The van der Waals surface area contributed by atoms with E-state index >= 15 is 0 Å². The molecule has 28 heavy (non-hydrogen) atoms. The van der Waals surface area contributed by atoms with Crippen molar-refractivity contribution in [2.24, 2.45) is 11.8 Å². The first kappa shape index (κ1) is 19.1. The molecule has 2 unspecified atom stereocenters. The summed E-state index contributed by atoms with van der Waals surface area (Å²) in [6, 6.07) is 8.15. The third kappa shape index (κ3) is 4.61. The first-order chi connectivity index (χ1) is 13.5. The summed E-state index contributed by atoms with van der Waals surface area (Å²) in [7, 11) is 0. The van der Waals surface area contributed by atoms with Gasteiger partial charge in [-0.1, -0.05) is 31.8 Å². The second-order valence-electron chi connectivity index (χ2n) is 8.65. The summed E-state index contributed by atoms with van der Waals surface area (Å²) in [5, 5.41) is 7.44. The van der Waals surface area contributed by atoms with Crippen molar-refractivity contribution in [3.05, 3.63) is 41.8 Å². The molecule has 0 bridgehead atoms. The van der Waals surface area contributed by atoms with Crippen molar-refractivity contribution in [2.75, 3.05) is 6.54 Å². The lowest BCUT2D eigenvalue weighted by Crippen LogP contribution is -2.60. The number of aromatic nitrogens is 1. The van der Waals surface area contributed by atoms with E-state index in [0.717, 1.165) is 36.6 Å². The number of halogens is 1. The molecule has 4 rings (SSSR count). The fourth-order valence-corrected chi connectivity index (χ4v) is 4.03. The Bertz CT molecular complexity index is 813. The van der Waals surface area contributed by atoms with Crippen LogP contribution in [0.15, 0.2) is 34.9 Å². The molecule has 1 aromatic carbocycles. The molecule has 2 atom stereocenters. The molecule has 0 radical (unpaired) electrons. The van der Waals surface area contributed by atoms with Crippen LogP contribution in [0, 0.1) is 17.7 Å². The molecular weight excluding hydrogens is 357 g/mol. The molecule has 1 aliphatic carbocycles. The number of amides is 1. The zero-order chi connectivity index (χ0) is 19.7. The minimum Gasteiger partial charge on any atom is -0.356 e. The Kier molecular flexibility index (Phi) is 5.49. The number of carbonyl (C=O) groups is 1. The molecule has 1 aromatic heterocycles. The van der Waals surface area contributed by atoms with E-state index in [2.05, 4.69) is 29.2 Å². The predicted molar refractivity (Wildman–Crippen MR) is 105 cm³/mol. The van der Waals surface area contributed by atoms with Crippen molar-refractivity contribution in [1.82, 2.24) is 15.4 Å². The van der Waals surface area contributed by atoms with E-state index in [-0.39, 0.29) is 23.8 Å². The van der Waals surface area contributed by atoms with Gasteiger partial charge in [-0.15, -0.1) is 0 Å². The zero-order valence-electron chi connectivity index (χ0n) is 16.5. The van der Waals surface area contributed by atoms with Crippen LogP contribution in [0.2, 0.25) is 0 Å². The SMILES string of the molecule is CC(C)CC1C(=O)NC(CC2CC2)CN1Cc1cc(-c2ccc(F)cc2)on1. The van der Waals surface area contributed by atoms with Gasteiger partial charge in [0.2, 0.25) is 5.91 Å². The summed E-state index contributed by atoms with van der Waals surface area (Å²) in [6.45, 7) is 5.71. The Morgan fingerprint density at radius 2 is 2.04 bits per heavy atom. The van der Waals surface area contributed by atoms with E-state index in [0.29, 0.717) is 18.2 Å². The molecule has 5 nitrogen and oxygen atoms in total. The molecule has 1 saturated heterocycles. The Morgan fingerprint density at radius 3 is 2.71 bits per heavy atom. The molecule has 150 valence electrons. The first-order valence-electron chi connectivity index (χ1n) is 10.2. The highest BCUT2D eigenvalue weighted by Crippen LogP contribution is 2.35. The Balaban J connectivity index is 1.49. The molecule has 1 aliphatic heterocycles. The van der Waals surface area contributed by atoms with Gasteiger partial charge in [-0.2, -0.15) is 0 Å². The average molecular weight is 385 g/mol.